The Morgan fingerprint density at radius 2 is 1.79 bits per heavy atom. The first-order chi connectivity index (χ1) is 13.5. The molecule has 0 saturated carbocycles. The Labute approximate surface area is 171 Å². The highest BCUT2D eigenvalue weighted by molar-refractivity contribution is 7.92. The van der Waals surface area contributed by atoms with Crippen molar-refractivity contribution in [1.29, 1.82) is 0 Å². The molecule has 0 radical (unpaired) electrons. The summed E-state index contributed by atoms with van der Waals surface area (Å²) in [6.45, 7) is 0.0199. The molecule has 1 N–H and O–H groups in total. The van der Waals surface area contributed by atoms with Gasteiger partial charge in [-0.25, -0.2) is 8.42 Å². The molecular formula is C19H18ClF3O5S. The average Bonchev–Trinajstić information content (AvgIpc) is 2.63. The van der Waals surface area contributed by atoms with Gasteiger partial charge in [-0.2, -0.15) is 13.2 Å². The molecule has 10 heteroatoms. The van der Waals surface area contributed by atoms with Gasteiger partial charge in [-0.3, -0.25) is 4.79 Å². The van der Waals surface area contributed by atoms with E-state index in [9.17, 15) is 31.5 Å². The van der Waals surface area contributed by atoms with Crippen molar-refractivity contribution in [2.75, 3.05) is 13.2 Å². The van der Waals surface area contributed by atoms with E-state index in [1.54, 1.807) is 18.2 Å². The minimum atomic E-state index is -4.74. The first kappa shape index (κ1) is 23.2. The summed E-state index contributed by atoms with van der Waals surface area (Å²) in [4.78, 5) is 10.8. The highest BCUT2D eigenvalue weighted by Crippen LogP contribution is 2.31. The van der Waals surface area contributed by atoms with Crippen LogP contribution >= 0.6 is 11.6 Å². The quantitative estimate of drug-likeness (QED) is 0.578. The number of aliphatic carboxylic acids is 1. The van der Waals surface area contributed by atoms with Crippen LogP contribution in [0.1, 0.15) is 17.5 Å². The number of benzene rings is 2. The molecular weight excluding hydrogens is 433 g/mol. The lowest BCUT2D eigenvalue weighted by molar-refractivity contribution is -0.138. The highest BCUT2D eigenvalue weighted by atomic mass is 35.5. The third kappa shape index (κ3) is 6.45. The molecule has 2 aromatic rings. The molecule has 0 heterocycles. The van der Waals surface area contributed by atoms with Crippen LogP contribution in [0.25, 0.3) is 0 Å². The molecule has 0 aliphatic carbocycles. The van der Waals surface area contributed by atoms with Crippen molar-refractivity contribution in [3.8, 4) is 0 Å². The van der Waals surface area contributed by atoms with E-state index in [1.165, 1.54) is 0 Å². The van der Waals surface area contributed by atoms with Crippen molar-refractivity contribution in [2.45, 2.75) is 29.2 Å². The first-order valence-electron chi connectivity index (χ1n) is 8.48. The number of rotatable bonds is 9. The Hall–Kier alpha value is -2.10. The topological polar surface area (TPSA) is 80.7 Å². The number of ether oxygens (including phenoxy) is 1. The average molecular weight is 451 g/mol. The summed E-state index contributed by atoms with van der Waals surface area (Å²) in [5, 5.41) is 7.93. The maximum Gasteiger partial charge on any atom is 0.416 e. The summed E-state index contributed by atoms with van der Waals surface area (Å²) in [5.74, 6) is -1.65. The van der Waals surface area contributed by atoms with E-state index in [0.29, 0.717) is 23.6 Å². The molecule has 0 spiro atoms. The van der Waals surface area contributed by atoms with Crippen molar-refractivity contribution in [1.82, 2.24) is 0 Å². The second-order valence-corrected chi connectivity index (χ2v) is 8.75. The van der Waals surface area contributed by atoms with Crippen LogP contribution in [0, 0.1) is 0 Å². The Morgan fingerprint density at radius 3 is 2.41 bits per heavy atom. The van der Waals surface area contributed by atoms with E-state index < -0.39 is 44.1 Å². The summed E-state index contributed by atoms with van der Waals surface area (Å²) >= 11 is 5.87. The number of hydrogen-bond acceptors (Lipinski definition) is 4. The van der Waals surface area contributed by atoms with Gasteiger partial charge in [-0.05, 0) is 48.7 Å². The van der Waals surface area contributed by atoms with Crippen LogP contribution in [0.5, 0.6) is 0 Å². The number of hydrogen-bond donors (Lipinski definition) is 1. The lowest BCUT2D eigenvalue weighted by Crippen LogP contribution is -2.32. The second-order valence-electron chi connectivity index (χ2n) is 6.18. The molecule has 2 rings (SSSR count). The highest BCUT2D eigenvalue weighted by Gasteiger charge is 2.36. The standard InChI is InChI=1S/C19H18ClF3O5S/c20-15-5-1-3-13(11-15)7-9-28-10-8-17(18(24)25)29(26,27)16-6-2-4-14(12-16)19(21,22)23/h1-6,11-12,17H,7-10H2,(H,24,25). The molecule has 0 aromatic heterocycles. The third-order valence-corrected chi connectivity index (χ3v) is 6.42. The summed E-state index contributed by atoms with van der Waals surface area (Å²) in [5.41, 5.74) is -0.274. The van der Waals surface area contributed by atoms with Crippen molar-refractivity contribution < 1.29 is 36.2 Å². The van der Waals surface area contributed by atoms with Gasteiger partial charge in [-0.1, -0.05) is 29.8 Å². The second kappa shape index (κ2) is 9.60. The molecule has 0 bridgehead atoms. The van der Waals surface area contributed by atoms with Crippen LogP contribution in [-0.2, 0) is 32.0 Å². The summed E-state index contributed by atoms with van der Waals surface area (Å²) in [7, 11) is -4.53. The summed E-state index contributed by atoms with van der Waals surface area (Å²) in [6, 6.07) is 10.1. The Bertz CT molecular complexity index is 960. The van der Waals surface area contributed by atoms with Crippen molar-refractivity contribution >= 4 is 27.4 Å². The zero-order valence-electron chi connectivity index (χ0n) is 15.0. The van der Waals surface area contributed by atoms with E-state index in [1.807, 2.05) is 6.07 Å². The molecule has 158 valence electrons. The van der Waals surface area contributed by atoms with Crippen LogP contribution in [-0.4, -0.2) is 38.0 Å². The zero-order chi connectivity index (χ0) is 21.7. The fourth-order valence-electron chi connectivity index (χ4n) is 2.60. The molecule has 2 aromatic carbocycles. The van der Waals surface area contributed by atoms with Crippen molar-refractivity contribution in [3.63, 3.8) is 0 Å². The molecule has 0 fully saturated rings. The number of carboxylic acid groups (broad SMARTS) is 1. The SMILES string of the molecule is O=C(O)C(CCOCCc1cccc(Cl)c1)S(=O)(=O)c1cccc(C(F)(F)F)c1. The van der Waals surface area contributed by atoms with Crippen LogP contribution in [0.15, 0.2) is 53.4 Å². The monoisotopic (exact) mass is 450 g/mol. The third-order valence-electron chi connectivity index (χ3n) is 4.09. The molecule has 1 unspecified atom stereocenters. The molecule has 0 aliphatic heterocycles. The maximum atomic E-state index is 12.8. The molecule has 5 nitrogen and oxygen atoms in total. The normalized spacial score (nSPS) is 13.2. The van der Waals surface area contributed by atoms with E-state index in [0.717, 1.165) is 17.7 Å². The van der Waals surface area contributed by atoms with Gasteiger partial charge < -0.3 is 9.84 Å². The van der Waals surface area contributed by atoms with E-state index in [-0.39, 0.29) is 13.2 Å². The number of carboxylic acids is 1. The van der Waals surface area contributed by atoms with Gasteiger partial charge in [0.25, 0.3) is 0 Å². The minimum absolute atomic E-state index is 0.185. The van der Waals surface area contributed by atoms with Crippen LogP contribution in [0.4, 0.5) is 13.2 Å². The molecule has 1 atom stereocenters. The number of sulfone groups is 1. The van der Waals surface area contributed by atoms with Crippen molar-refractivity contribution in [3.05, 3.63) is 64.7 Å². The van der Waals surface area contributed by atoms with Crippen LogP contribution < -0.4 is 0 Å². The predicted molar refractivity (Wildman–Crippen MR) is 101 cm³/mol. The fourth-order valence-corrected chi connectivity index (χ4v) is 4.37. The van der Waals surface area contributed by atoms with E-state index in [4.69, 9.17) is 16.3 Å². The molecule has 29 heavy (non-hydrogen) atoms. The van der Waals surface area contributed by atoms with Gasteiger partial charge in [0.2, 0.25) is 0 Å². The first-order valence-corrected chi connectivity index (χ1v) is 10.4. The van der Waals surface area contributed by atoms with Gasteiger partial charge >= 0.3 is 12.1 Å². The molecule has 0 aliphatic rings. The van der Waals surface area contributed by atoms with E-state index in [2.05, 4.69) is 0 Å². The van der Waals surface area contributed by atoms with Crippen LogP contribution in [0.3, 0.4) is 0 Å². The lowest BCUT2D eigenvalue weighted by atomic mass is 10.2. The van der Waals surface area contributed by atoms with Gasteiger partial charge in [0, 0.05) is 11.6 Å². The Balaban J connectivity index is 2.02. The fraction of sp³-hybridized carbons (Fsp3) is 0.316. The number of halogens is 4. The Morgan fingerprint density at radius 1 is 1.10 bits per heavy atom. The van der Waals surface area contributed by atoms with Gasteiger partial charge in [-0.15, -0.1) is 0 Å². The van der Waals surface area contributed by atoms with Gasteiger partial charge in [0.05, 0.1) is 17.1 Å². The maximum absolute atomic E-state index is 12.8. The predicted octanol–water partition coefficient (Wildman–Crippen LogP) is 4.24. The van der Waals surface area contributed by atoms with Crippen molar-refractivity contribution in [2.24, 2.45) is 0 Å². The zero-order valence-corrected chi connectivity index (χ0v) is 16.6. The molecule has 0 amide bonds. The number of carbonyl (C=O) groups is 1. The van der Waals surface area contributed by atoms with Gasteiger partial charge in [0.1, 0.15) is 0 Å². The summed E-state index contributed by atoms with van der Waals surface area (Å²) in [6.07, 6.45) is -4.66. The smallest absolute Gasteiger partial charge is 0.416 e. The van der Waals surface area contributed by atoms with E-state index >= 15 is 0 Å². The molecule has 0 saturated heterocycles. The minimum Gasteiger partial charge on any atom is -0.480 e. The lowest BCUT2D eigenvalue weighted by Gasteiger charge is -2.15. The largest absolute Gasteiger partial charge is 0.480 e. The van der Waals surface area contributed by atoms with Crippen LogP contribution in [0.2, 0.25) is 5.02 Å². The Kier molecular flexibility index (Phi) is 7.67. The number of alkyl halides is 3. The summed E-state index contributed by atoms with van der Waals surface area (Å²) < 4.78 is 68.9. The van der Waals surface area contributed by atoms with Gasteiger partial charge in [0.15, 0.2) is 15.1 Å².